The highest BCUT2D eigenvalue weighted by Gasteiger charge is 2.32. The van der Waals surface area contributed by atoms with Gasteiger partial charge in [0.2, 0.25) is 5.88 Å². The number of nitriles is 1. The molecule has 0 fully saturated rings. The van der Waals surface area contributed by atoms with Crippen LogP contribution in [0.15, 0.2) is 72.1 Å². The van der Waals surface area contributed by atoms with Crippen molar-refractivity contribution in [2.24, 2.45) is 5.73 Å². The van der Waals surface area contributed by atoms with Gasteiger partial charge in [-0.25, -0.2) is 4.79 Å². The summed E-state index contributed by atoms with van der Waals surface area (Å²) in [6.45, 7) is 9.09. The van der Waals surface area contributed by atoms with Crippen molar-refractivity contribution in [3.63, 3.8) is 0 Å². The second kappa shape index (κ2) is 14.3. The number of allylic oxidation sites excluding steroid dienone is 1. The van der Waals surface area contributed by atoms with Gasteiger partial charge in [0.05, 0.1) is 19.1 Å². The minimum atomic E-state index is -0.563. The zero-order valence-electron chi connectivity index (χ0n) is 24.6. The molecule has 0 aliphatic carbocycles. The molecule has 0 radical (unpaired) electrons. The minimum Gasteiger partial charge on any atom is -0.490 e. The molecule has 1 heterocycles. The van der Waals surface area contributed by atoms with Crippen LogP contribution in [0, 0.1) is 11.3 Å². The molecule has 0 aromatic heterocycles. The van der Waals surface area contributed by atoms with Gasteiger partial charge in [0.25, 0.3) is 0 Å². The molecule has 1 aliphatic rings. The molecule has 0 amide bonds. The smallest absolute Gasteiger partial charge is 0.349 e. The highest BCUT2D eigenvalue weighted by molar-refractivity contribution is 5.74. The molecule has 0 spiro atoms. The normalized spacial score (nSPS) is 14.0. The van der Waals surface area contributed by atoms with Crippen molar-refractivity contribution in [3.8, 4) is 34.8 Å². The summed E-state index contributed by atoms with van der Waals surface area (Å²) in [4.78, 5) is 12.5. The molecule has 4 rings (SSSR count). The fourth-order valence-corrected chi connectivity index (χ4v) is 4.72. The van der Waals surface area contributed by atoms with Crippen LogP contribution in [0.3, 0.4) is 0 Å². The number of carbonyl (C=O) groups is 1. The van der Waals surface area contributed by atoms with Gasteiger partial charge in [0, 0.05) is 11.6 Å². The number of benzene rings is 3. The molecule has 0 bridgehead atoms. The van der Waals surface area contributed by atoms with Gasteiger partial charge in [-0.2, -0.15) is 5.26 Å². The summed E-state index contributed by atoms with van der Waals surface area (Å²) >= 11 is 0. The number of fused-ring (bicyclic) bond motifs is 1. The first-order valence-corrected chi connectivity index (χ1v) is 14.4. The van der Waals surface area contributed by atoms with E-state index in [2.05, 4.69) is 26.8 Å². The molecule has 1 unspecified atom stereocenters. The van der Waals surface area contributed by atoms with E-state index in [-0.39, 0.29) is 23.8 Å². The number of hydrogen-bond acceptors (Lipinski definition) is 8. The Morgan fingerprint density at radius 2 is 1.71 bits per heavy atom. The first kappa shape index (κ1) is 30.3. The Labute approximate surface area is 247 Å². The minimum absolute atomic E-state index is 0.00972. The van der Waals surface area contributed by atoms with Crippen LogP contribution < -0.4 is 29.4 Å². The Morgan fingerprint density at radius 1 is 0.952 bits per heavy atom. The molecule has 3 aromatic carbocycles. The molecule has 8 nitrogen and oxygen atoms in total. The lowest BCUT2D eigenvalue weighted by Crippen LogP contribution is -2.22. The predicted octanol–water partition coefficient (Wildman–Crippen LogP) is 6.98. The van der Waals surface area contributed by atoms with Gasteiger partial charge in [-0.1, -0.05) is 57.9 Å². The van der Waals surface area contributed by atoms with Crippen LogP contribution in [-0.2, 0) is 4.79 Å². The molecule has 0 saturated heterocycles. The molecule has 2 N–H and O–H groups in total. The SMILES string of the molecule is CCCCCOc1ccc(C2C(C#N)=C(N)Oc3cc(OC(=O)COc4ccc(C(C)C)cc4)ccc32)cc1OCC. The first-order valence-electron chi connectivity index (χ1n) is 14.4. The van der Waals surface area contributed by atoms with Gasteiger partial charge >= 0.3 is 5.97 Å². The third kappa shape index (κ3) is 7.35. The Morgan fingerprint density at radius 3 is 2.40 bits per heavy atom. The van der Waals surface area contributed by atoms with E-state index < -0.39 is 11.9 Å². The van der Waals surface area contributed by atoms with E-state index in [0.717, 1.165) is 24.8 Å². The van der Waals surface area contributed by atoms with Crippen molar-refractivity contribution >= 4 is 5.97 Å². The lowest BCUT2D eigenvalue weighted by Gasteiger charge is -2.27. The fraction of sp³-hybridized carbons (Fsp3) is 0.353. The Bertz CT molecular complexity index is 1460. The fourth-order valence-electron chi connectivity index (χ4n) is 4.72. The van der Waals surface area contributed by atoms with Gasteiger partial charge in [-0.15, -0.1) is 0 Å². The number of esters is 1. The van der Waals surface area contributed by atoms with E-state index in [1.165, 1.54) is 5.56 Å². The van der Waals surface area contributed by atoms with Crippen LogP contribution in [-0.4, -0.2) is 25.8 Å². The van der Waals surface area contributed by atoms with Crippen molar-refractivity contribution < 1.29 is 28.5 Å². The Hall–Kier alpha value is -4.64. The van der Waals surface area contributed by atoms with Crippen molar-refractivity contribution in [3.05, 3.63) is 88.8 Å². The zero-order valence-corrected chi connectivity index (χ0v) is 24.6. The molecule has 3 aromatic rings. The summed E-state index contributed by atoms with van der Waals surface area (Å²) in [5.41, 5.74) is 9.17. The maximum Gasteiger partial charge on any atom is 0.349 e. The molecule has 1 aliphatic heterocycles. The van der Waals surface area contributed by atoms with E-state index in [0.29, 0.717) is 47.7 Å². The van der Waals surface area contributed by atoms with Crippen molar-refractivity contribution in [1.82, 2.24) is 0 Å². The molecule has 1 atom stereocenters. The third-order valence-electron chi connectivity index (χ3n) is 6.93. The lowest BCUT2D eigenvalue weighted by atomic mass is 9.83. The van der Waals surface area contributed by atoms with Crippen molar-refractivity contribution in [2.75, 3.05) is 19.8 Å². The van der Waals surface area contributed by atoms with E-state index >= 15 is 0 Å². The number of nitrogens with two attached hydrogens (primary N) is 1. The number of rotatable bonds is 13. The van der Waals surface area contributed by atoms with Crippen LogP contribution in [0.1, 0.15) is 75.5 Å². The predicted molar refractivity (Wildman–Crippen MR) is 160 cm³/mol. The quantitative estimate of drug-likeness (QED) is 0.133. The summed E-state index contributed by atoms with van der Waals surface area (Å²) in [6.07, 6.45) is 3.16. The van der Waals surface area contributed by atoms with Crippen molar-refractivity contribution in [1.29, 1.82) is 5.26 Å². The van der Waals surface area contributed by atoms with Crippen LogP contribution >= 0.6 is 0 Å². The molecule has 0 saturated carbocycles. The zero-order chi connectivity index (χ0) is 30.1. The summed E-state index contributed by atoms with van der Waals surface area (Å²) in [5, 5.41) is 9.97. The van der Waals surface area contributed by atoms with Gasteiger partial charge in [0.15, 0.2) is 18.1 Å². The number of carbonyl (C=O) groups excluding carboxylic acids is 1. The second-order valence-corrected chi connectivity index (χ2v) is 10.3. The summed E-state index contributed by atoms with van der Waals surface area (Å²) in [5.74, 6) is 1.83. The monoisotopic (exact) mass is 570 g/mol. The van der Waals surface area contributed by atoms with Crippen molar-refractivity contribution in [2.45, 2.75) is 58.8 Å². The third-order valence-corrected chi connectivity index (χ3v) is 6.93. The van der Waals surface area contributed by atoms with E-state index in [4.69, 9.17) is 29.4 Å². The van der Waals surface area contributed by atoms with Crippen LogP contribution in [0.4, 0.5) is 0 Å². The summed E-state index contributed by atoms with van der Waals surface area (Å²) < 4.78 is 28.8. The Balaban J connectivity index is 1.52. The van der Waals surface area contributed by atoms with E-state index in [1.807, 2.05) is 49.4 Å². The molecular weight excluding hydrogens is 532 g/mol. The highest BCUT2D eigenvalue weighted by atomic mass is 16.6. The lowest BCUT2D eigenvalue weighted by molar-refractivity contribution is -0.136. The van der Waals surface area contributed by atoms with E-state index in [1.54, 1.807) is 18.2 Å². The average Bonchev–Trinajstić information content (AvgIpc) is 2.98. The maximum absolute atomic E-state index is 12.5. The van der Waals surface area contributed by atoms with E-state index in [9.17, 15) is 10.1 Å². The average molecular weight is 571 g/mol. The highest BCUT2D eigenvalue weighted by Crippen LogP contribution is 2.45. The van der Waals surface area contributed by atoms with Crippen LogP contribution in [0.5, 0.6) is 28.7 Å². The summed E-state index contributed by atoms with van der Waals surface area (Å²) in [7, 11) is 0. The number of nitrogens with zero attached hydrogens (tertiary/aromatic N) is 1. The summed E-state index contributed by atoms with van der Waals surface area (Å²) in [6, 6.07) is 20.5. The topological polar surface area (TPSA) is 113 Å². The molecule has 42 heavy (non-hydrogen) atoms. The largest absolute Gasteiger partial charge is 0.490 e. The van der Waals surface area contributed by atoms with Crippen LogP contribution in [0.2, 0.25) is 0 Å². The number of unbranched alkanes of at least 4 members (excludes halogenated alkanes) is 2. The molecular formula is C34H38N2O6. The van der Waals surface area contributed by atoms with Crippen LogP contribution in [0.25, 0.3) is 0 Å². The molecule has 8 heteroatoms. The first-order chi connectivity index (χ1) is 20.3. The maximum atomic E-state index is 12.5. The second-order valence-electron chi connectivity index (χ2n) is 10.3. The standard InChI is InChI=1S/C34H38N2O6/c1-5-7-8-17-39-29-16-11-24(18-31(29)38-6-2)33-27-15-14-26(19-30(27)42-34(36)28(33)20-35)41-32(37)21-40-25-12-9-23(10-13-25)22(3)4/h9-16,18-19,22,33H,5-8,17,21,36H2,1-4H3. The van der Waals surface area contributed by atoms with Gasteiger partial charge in [-0.05, 0) is 60.7 Å². The van der Waals surface area contributed by atoms with Gasteiger partial charge < -0.3 is 29.4 Å². The Kier molecular flexibility index (Phi) is 10.3. The van der Waals surface area contributed by atoms with Gasteiger partial charge in [0.1, 0.15) is 28.9 Å². The van der Waals surface area contributed by atoms with Gasteiger partial charge in [-0.3, -0.25) is 0 Å². The number of hydrogen-bond donors (Lipinski definition) is 1. The number of ether oxygens (including phenoxy) is 5. The molecule has 220 valence electrons.